The fraction of sp³-hybridized carbons (Fsp3) is 0.429. The Morgan fingerprint density at radius 3 is 2.80 bits per heavy atom. The van der Waals surface area contributed by atoms with Crippen LogP contribution >= 0.6 is 0 Å². The predicted molar refractivity (Wildman–Crippen MR) is 72.1 cm³/mol. The molecule has 20 heavy (non-hydrogen) atoms. The number of nitrogens with zero attached hydrogens (tertiary/aromatic N) is 1. The summed E-state index contributed by atoms with van der Waals surface area (Å²) in [4.78, 5) is 24.5. The Kier molecular flexibility index (Phi) is 5.09. The first kappa shape index (κ1) is 14.5. The van der Waals surface area contributed by atoms with Crippen molar-refractivity contribution in [1.82, 2.24) is 10.2 Å². The van der Waals surface area contributed by atoms with Gasteiger partial charge in [-0.15, -0.1) is 0 Å². The van der Waals surface area contributed by atoms with Gasteiger partial charge in [0.05, 0.1) is 6.54 Å². The minimum Gasteiger partial charge on any atom is -0.480 e. The van der Waals surface area contributed by atoms with Crippen molar-refractivity contribution in [3.8, 4) is 0 Å². The third-order valence-corrected chi connectivity index (χ3v) is 3.19. The summed E-state index contributed by atoms with van der Waals surface area (Å²) in [5.74, 6) is -1.32. The number of carboxylic acid groups (broad SMARTS) is 1. The van der Waals surface area contributed by atoms with Crippen LogP contribution in [-0.2, 0) is 20.9 Å². The van der Waals surface area contributed by atoms with Gasteiger partial charge in [0.1, 0.15) is 12.6 Å². The van der Waals surface area contributed by atoms with Crippen LogP contribution in [0.15, 0.2) is 30.3 Å². The van der Waals surface area contributed by atoms with E-state index >= 15 is 0 Å². The predicted octanol–water partition coefficient (Wildman–Crippen LogP) is 0.0882. The highest BCUT2D eigenvalue weighted by molar-refractivity contribution is 5.77. The Bertz CT molecular complexity index is 464. The number of hydrogen-bond donors (Lipinski definition) is 2. The Labute approximate surface area is 117 Å². The molecule has 0 spiro atoms. The van der Waals surface area contributed by atoms with Crippen molar-refractivity contribution in [2.75, 3.05) is 26.2 Å². The minimum atomic E-state index is -0.937. The van der Waals surface area contributed by atoms with E-state index in [4.69, 9.17) is 9.84 Å². The summed E-state index contributed by atoms with van der Waals surface area (Å²) in [6.07, 6.45) is 0. The van der Waals surface area contributed by atoms with Gasteiger partial charge in [0.2, 0.25) is 0 Å². The quantitative estimate of drug-likeness (QED) is 0.743. The lowest BCUT2D eigenvalue weighted by Gasteiger charge is -2.33. The molecule has 0 bridgehead atoms. The zero-order valence-corrected chi connectivity index (χ0v) is 11.1. The molecule has 1 unspecified atom stereocenters. The zero-order chi connectivity index (χ0) is 14.4. The van der Waals surface area contributed by atoms with Crippen LogP contribution in [0.3, 0.4) is 0 Å². The van der Waals surface area contributed by atoms with E-state index in [2.05, 4.69) is 5.32 Å². The van der Waals surface area contributed by atoms with E-state index in [9.17, 15) is 9.59 Å². The number of carbonyl (C=O) groups excluding carboxylic acids is 1. The molecular weight excluding hydrogens is 260 g/mol. The normalized spacial score (nSPS) is 19.5. The number of ether oxygens (including phenoxy) is 1. The summed E-state index contributed by atoms with van der Waals surface area (Å²) in [6, 6.07) is 8.86. The largest absolute Gasteiger partial charge is 0.480 e. The van der Waals surface area contributed by atoms with Crippen LogP contribution in [0.4, 0.5) is 0 Å². The molecule has 1 aliphatic rings. The fourth-order valence-corrected chi connectivity index (χ4v) is 2.17. The van der Waals surface area contributed by atoms with E-state index in [1.54, 1.807) is 4.90 Å². The summed E-state index contributed by atoms with van der Waals surface area (Å²) in [6.45, 7) is 1.68. The van der Waals surface area contributed by atoms with Crippen molar-refractivity contribution >= 4 is 11.9 Å². The molecule has 1 aromatic rings. The maximum absolute atomic E-state index is 12.1. The second kappa shape index (κ2) is 7.02. The molecule has 2 rings (SSSR count). The van der Waals surface area contributed by atoms with E-state index in [-0.39, 0.29) is 19.1 Å². The number of esters is 1. The SMILES string of the molecule is O=C(O)CN1CCNCC1C(=O)OCc1ccccc1. The molecule has 6 nitrogen and oxygen atoms in total. The number of nitrogens with one attached hydrogen (secondary N) is 1. The molecule has 1 fully saturated rings. The monoisotopic (exact) mass is 278 g/mol. The maximum atomic E-state index is 12.1. The van der Waals surface area contributed by atoms with Gasteiger partial charge in [0, 0.05) is 19.6 Å². The average molecular weight is 278 g/mol. The first-order valence-corrected chi connectivity index (χ1v) is 6.54. The van der Waals surface area contributed by atoms with Crippen LogP contribution in [0.1, 0.15) is 5.56 Å². The Hall–Kier alpha value is -1.92. The molecule has 1 heterocycles. The van der Waals surface area contributed by atoms with Gasteiger partial charge >= 0.3 is 11.9 Å². The Morgan fingerprint density at radius 2 is 2.10 bits per heavy atom. The lowest BCUT2D eigenvalue weighted by Crippen LogP contribution is -2.56. The molecule has 0 aromatic heterocycles. The minimum absolute atomic E-state index is 0.146. The van der Waals surface area contributed by atoms with Crippen molar-refractivity contribution < 1.29 is 19.4 Å². The van der Waals surface area contributed by atoms with Crippen molar-refractivity contribution in [2.24, 2.45) is 0 Å². The topological polar surface area (TPSA) is 78.9 Å². The molecule has 108 valence electrons. The van der Waals surface area contributed by atoms with Gasteiger partial charge in [0.25, 0.3) is 0 Å². The van der Waals surface area contributed by atoms with Crippen LogP contribution in [-0.4, -0.2) is 54.2 Å². The molecule has 0 amide bonds. The van der Waals surface area contributed by atoms with Gasteiger partial charge in [-0.2, -0.15) is 0 Å². The molecule has 0 radical (unpaired) electrons. The fourth-order valence-electron chi connectivity index (χ4n) is 2.17. The standard InChI is InChI=1S/C14H18N2O4/c17-13(18)9-16-7-6-15-8-12(16)14(19)20-10-11-4-2-1-3-5-11/h1-5,12,15H,6-10H2,(H,17,18). The third-order valence-electron chi connectivity index (χ3n) is 3.19. The second-order valence-corrected chi connectivity index (χ2v) is 4.68. The number of benzene rings is 1. The van der Waals surface area contributed by atoms with Crippen molar-refractivity contribution in [2.45, 2.75) is 12.6 Å². The van der Waals surface area contributed by atoms with Crippen LogP contribution < -0.4 is 5.32 Å². The molecule has 2 N–H and O–H groups in total. The Balaban J connectivity index is 1.90. The smallest absolute Gasteiger partial charge is 0.325 e. The van der Waals surface area contributed by atoms with E-state index in [0.717, 1.165) is 5.56 Å². The van der Waals surface area contributed by atoms with Crippen molar-refractivity contribution in [3.05, 3.63) is 35.9 Å². The van der Waals surface area contributed by atoms with Crippen molar-refractivity contribution in [3.63, 3.8) is 0 Å². The number of aliphatic carboxylic acids is 1. The highest BCUT2D eigenvalue weighted by atomic mass is 16.5. The van der Waals surface area contributed by atoms with Gasteiger partial charge in [-0.25, -0.2) is 0 Å². The number of carboxylic acids is 1. The summed E-state index contributed by atoms with van der Waals surface area (Å²) < 4.78 is 5.27. The zero-order valence-electron chi connectivity index (χ0n) is 11.1. The van der Waals surface area contributed by atoms with Crippen LogP contribution in [0.2, 0.25) is 0 Å². The van der Waals surface area contributed by atoms with E-state index in [0.29, 0.717) is 19.6 Å². The molecular formula is C14H18N2O4. The van der Waals surface area contributed by atoms with Gasteiger partial charge in [0.15, 0.2) is 0 Å². The summed E-state index contributed by atoms with van der Waals surface area (Å²) in [5, 5.41) is 11.9. The lowest BCUT2D eigenvalue weighted by atomic mass is 10.2. The lowest BCUT2D eigenvalue weighted by molar-refractivity contribution is -0.153. The van der Waals surface area contributed by atoms with E-state index in [1.165, 1.54) is 0 Å². The molecule has 0 aliphatic carbocycles. The van der Waals surface area contributed by atoms with Gasteiger partial charge in [-0.05, 0) is 5.56 Å². The van der Waals surface area contributed by atoms with Gasteiger partial charge in [-0.1, -0.05) is 30.3 Å². The first-order valence-electron chi connectivity index (χ1n) is 6.54. The maximum Gasteiger partial charge on any atom is 0.325 e. The van der Waals surface area contributed by atoms with E-state index in [1.807, 2.05) is 30.3 Å². The Morgan fingerprint density at radius 1 is 1.35 bits per heavy atom. The highest BCUT2D eigenvalue weighted by Crippen LogP contribution is 2.08. The van der Waals surface area contributed by atoms with E-state index < -0.39 is 12.0 Å². The molecule has 0 saturated carbocycles. The first-order chi connectivity index (χ1) is 9.66. The molecule has 1 aliphatic heterocycles. The van der Waals surface area contributed by atoms with Crippen LogP contribution in [0.5, 0.6) is 0 Å². The summed E-state index contributed by atoms with van der Waals surface area (Å²) in [5.41, 5.74) is 0.911. The number of piperazine rings is 1. The average Bonchev–Trinajstić information content (AvgIpc) is 2.46. The second-order valence-electron chi connectivity index (χ2n) is 4.68. The number of carbonyl (C=O) groups is 2. The number of hydrogen-bond acceptors (Lipinski definition) is 5. The molecule has 1 saturated heterocycles. The molecule has 1 aromatic carbocycles. The van der Waals surface area contributed by atoms with Crippen molar-refractivity contribution in [1.29, 1.82) is 0 Å². The third kappa shape index (κ3) is 4.04. The van der Waals surface area contributed by atoms with Crippen LogP contribution in [0, 0.1) is 0 Å². The van der Waals surface area contributed by atoms with Gasteiger partial charge in [-0.3, -0.25) is 14.5 Å². The van der Waals surface area contributed by atoms with Gasteiger partial charge < -0.3 is 15.2 Å². The highest BCUT2D eigenvalue weighted by Gasteiger charge is 2.31. The molecule has 1 atom stereocenters. The summed E-state index contributed by atoms with van der Waals surface area (Å²) >= 11 is 0. The number of rotatable bonds is 5. The van der Waals surface area contributed by atoms with Crippen LogP contribution in [0.25, 0.3) is 0 Å². The summed E-state index contributed by atoms with van der Waals surface area (Å²) in [7, 11) is 0. The molecule has 6 heteroatoms.